The molecule has 0 fully saturated rings. The third-order valence-electron chi connectivity index (χ3n) is 5.99. The molecular weight excluding hydrogens is 438 g/mol. The average Bonchev–Trinajstić information content (AvgIpc) is 2.83. The zero-order valence-electron chi connectivity index (χ0n) is 20.0. The van der Waals surface area contributed by atoms with E-state index in [4.69, 9.17) is 0 Å². The molecule has 35 heavy (non-hydrogen) atoms. The summed E-state index contributed by atoms with van der Waals surface area (Å²) < 4.78 is 0. The number of aliphatic hydroxyl groups excluding tert-OH is 1. The van der Waals surface area contributed by atoms with Gasteiger partial charge in [-0.05, 0) is 60.5 Å². The van der Waals surface area contributed by atoms with Crippen LogP contribution in [0.25, 0.3) is 10.8 Å². The van der Waals surface area contributed by atoms with Gasteiger partial charge >= 0.3 is 0 Å². The fourth-order valence-electron chi connectivity index (χ4n) is 4.19. The maximum absolute atomic E-state index is 12.7. The van der Waals surface area contributed by atoms with Crippen molar-refractivity contribution in [3.8, 4) is 5.75 Å². The number of benzene rings is 3. The van der Waals surface area contributed by atoms with E-state index in [1.54, 1.807) is 30.5 Å². The van der Waals surface area contributed by atoms with E-state index < -0.39 is 6.10 Å². The van der Waals surface area contributed by atoms with E-state index in [1.165, 1.54) is 0 Å². The summed E-state index contributed by atoms with van der Waals surface area (Å²) in [5.41, 5.74) is 2.52. The number of hydrogen-bond acceptors (Lipinski definition) is 5. The zero-order valence-corrected chi connectivity index (χ0v) is 20.0. The standard InChI is InChI=1S/C29H31N3O3/c1-29(2,31-19-26(34)23-10-12-24(33)13-11-23)18-21-7-5-6-20(16-21)17-27(35)32-28-25-9-4-3-8-22(25)14-15-30-28/h3-16,26,31,33-34H,17-19H2,1-2H3,(H,30,32,35). The van der Waals surface area contributed by atoms with Crippen molar-refractivity contribution in [1.29, 1.82) is 0 Å². The Morgan fingerprint density at radius 1 is 0.971 bits per heavy atom. The molecule has 1 unspecified atom stereocenters. The number of β-amino-alcohol motifs (C(OH)–C–C–N with tert-alkyl or cyclic N) is 1. The maximum Gasteiger partial charge on any atom is 0.229 e. The van der Waals surface area contributed by atoms with Crippen molar-refractivity contribution in [2.75, 3.05) is 11.9 Å². The first-order valence-corrected chi connectivity index (χ1v) is 11.7. The number of anilines is 1. The molecule has 4 rings (SSSR count). The van der Waals surface area contributed by atoms with Crippen LogP contribution in [0.3, 0.4) is 0 Å². The lowest BCUT2D eigenvalue weighted by Crippen LogP contribution is -2.43. The number of carbonyl (C=O) groups excluding carboxylic acids is 1. The number of fused-ring (bicyclic) bond motifs is 1. The van der Waals surface area contributed by atoms with Crippen molar-refractivity contribution >= 4 is 22.5 Å². The monoisotopic (exact) mass is 469 g/mol. The molecule has 180 valence electrons. The molecular formula is C29H31N3O3. The number of amides is 1. The van der Waals surface area contributed by atoms with Gasteiger partial charge < -0.3 is 20.8 Å². The predicted octanol–water partition coefficient (Wildman–Crippen LogP) is 4.77. The highest BCUT2D eigenvalue weighted by Crippen LogP contribution is 2.22. The van der Waals surface area contributed by atoms with Crippen molar-refractivity contribution < 1.29 is 15.0 Å². The highest BCUT2D eigenvalue weighted by Gasteiger charge is 2.20. The van der Waals surface area contributed by atoms with Gasteiger partial charge in [0.1, 0.15) is 11.6 Å². The summed E-state index contributed by atoms with van der Waals surface area (Å²) in [6, 6.07) is 24.4. The van der Waals surface area contributed by atoms with Gasteiger partial charge in [-0.25, -0.2) is 4.98 Å². The molecule has 1 atom stereocenters. The van der Waals surface area contributed by atoms with Gasteiger partial charge in [0.05, 0.1) is 12.5 Å². The molecule has 6 heteroatoms. The summed E-state index contributed by atoms with van der Waals surface area (Å²) in [5.74, 6) is 0.637. The normalized spacial score (nSPS) is 12.4. The van der Waals surface area contributed by atoms with Crippen LogP contribution < -0.4 is 10.6 Å². The summed E-state index contributed by atoms with van der Waals surface area (Å²) in [4.78, 5) is 17.1. The van der Waals surface area contributed by atoms with Crippen LogP contribution in [0, 0.1) is 0 Å². The Kier molecular flexibility index (Phi) is 7.44. The second kappa shape index (κ2) is 10.7. The highest BCUT2D eigenvalue weighted by atomic mass is 16.3. The minimum atomic E-state index is -0.674. The van der Waals surface area contributed by atoms with E-state index in [0.717, 1.165) is 33.9 Å². The lowest BCUT2D eigenvalue weighted by Gasteiger charge is -2.28. The third kappa shape index (κ3) is 6.66. The number of hydrogen-bond donors (Lipinski definition) is 4. The Labute approximate surface area is 205 Å². The average molecular weight is 470 g/mol. The molecule has 0 radical (unpaired) electrons. The maximum atomic E-state index is 12.7. The predicted molar refractivity (Wildman–Crippen MR) is 139 cm³/mol. The number of phenols is 1. The Morgan fingerprint density at radius 3 is 2.51 bits per heavy atom. The van der Waals surface area contributed by atoms with Gasteiger partial charge in [-0.3, -0.25) is 4.79 Å². The quantitative estimate of drug-likeness (QED) is 0.283. The number of pyridine rings is 1. The van der Waals surface area contributed by atoms with Gasteiger partial charge in [0.15, 0.2) is 0 Å². The van der Waals surface area contributed by atoms with E-state index in [9.17, 15) is 15.0 Å². The molecule has 0 saturated heterocycles. The van der Waals surface area contributed by atoms with Gasteiger partial charge in [-0.2, -0.15) is 0 Å². The van der Waals surface area contributed by atoms with Crippen LogP contribution in [0.5, 0.6) is 5.75 Å². The van der Waals surface area contributed by atoms with Crippen molar-refractivity contribution in [3.63, 3.8) is 0 Å². The second-order valence-corrected chi connectivity index (χ2v) is 9.47. The van der Waals surface area contributed by atoms with Crippen molar-refractivity contribution in [2.45, 2.75) is 38.3 Å². The second-order valence-electron chi connectivity index (χ2n) is 9.47. The lowest BCUT2D eigenvalue weighted by atomic mass is 9.93. The van der Waals surface area contributed by atoms with Crippen LogP contribution in [0.2, 0.25) is 0 Å². The summed E-state index contributed by atoms with van der Waals surface area (Å²) in [7, 11) is 0. The van der Waals surface area contributed by atoms with Crippen molar-refractivity contribution in [1.82, 2.24) is 10.3 Å². The Balaban J connectivity index is 1.35. The number of nitrogens with zero attached hydrogens (tertiary/aromatic N) is 1. The first-order chi connectivity index (χ1) is 16.8. The number of nitrogens with one attached hydrogen (secondary N) is 2. The smallest absolute Gasteiger partial charge is 0.229 e. The number of phenolic OH excluding ortho intramolecular Hbond substituents is 1. The van der Waals surface area contributed by atoms with E-state index in [-0.39, 0.29) is 23.6 Å². The van der Waals surface area contributed by atoms with Crippen molar-refractivity contribution in [2.24, 2.45) is 0 Å². The SMILES string of the molecule is CC(C)(Cc1cccc(CC(=O)Nc2nccc3ccccc23)c1)NCC(O)c1ccc(O)cc1. The van der Waals surface area contributed by atoms with Crippen LogP contribution >= 0.6 is 0 Å². The van der Waals surface area contributed by atoms with Gasteiger partial charge in [-0.1, -0.05) is 60.7 Å². The minimum Gasteiger partial charge on any atom is -0.508 e. The molecule has 0 aliphatic heterocycles. The van der Waals surface area contributed by atoms with Gasteiger partial charge in [0, 0.05) is 23.7 Å². The zero-order chi connectivity index (χ0) is 24.8. The van der Waals surface area contributed by atoms with Gasteiger partial charge in [0.2, 0.25) is 5.91 Å². The van der Waals surface area contributed by atoms with Crippen LogP contribution in [-0.4, -0.2) is 33.2 Å². The summed E-state index contributed by atoms with van der Waals surface area (Å²) in [6.07, 6.45) is 2.02. The molecule has 0 saturated carbocycles. The Hall–Kier alpha value is -3.74. The van der Waals surface area contributed by atoms with Crippen LogP contribution in [0.1, 0.15) is 36.6 Å². The molecule has 4 aromatic rings. The molecule has 0 aliphatic rings. The molecule has 3 aromatic carbocycles. The number of aliphatic hydroxyl groups is 1. The van der Waals surface area contributed by atoms with Gasteiger partial charge in [0.25, 0.3) is 0 Å². The third-order valence-corrected chi connectivity index (χ3v) is 5.99. The molecule has 0 aliphatic carbocycles. The fourth-order valence-corrected chi connectivity index (χ4v) is 4.19. The molecule has 4 N–H and O–H groups in total. The molecule has 1 amide bonds. The number of carbonyl (C=O) groups is 1. The summed E-state index contributed by atoms with van der Waals surface area (Å²) >= 11 is 0. The lowest BCUT2D eigenvalue weighted by molar-refractivity contribution is -0.115. The Morgan fingerprint density at radius 2 is 1.71 bits per heavy atom. The molecule has 6 nitrogen and oxygen atoms in total. The topological polar surface area (TPSA) is 94.5 Å². The van der Waals surface area contributed by atoms with E-state index in [0.29, 0.717) is 12.4 Å². The van der Waals surface area contributed by atoms with Crippen LogP contribution in [0.4, 0.5) is 5.82 Å². The van der Waals surface area contributed by atoms with Crippen LogP contribution in [0.15, 0.2) is 85.1 Å². The Bertz CT molecular complexity index is 1300. The highest BCUT2D eigenvalue weighted by molar-refractivity contribution is 6.00. The first kappa shape index (κ1) is 24.4. The number of rotatable bonds is 9. The van der Waals surface area contributed by atoms with E-state index in [1.807, 2.05) is 48.5 Å². The molecule has 0 spiro atoms. The number of aromatic hydroxyl groups is 1. The largest absolute Gasteiger partial charge is 0.508 e. The molecule has 1 heterocycles. The van der Waals surface area contributed by atoms with Gasteiger partial charge in [-0.15, -0.1) is 0 Å². The number of aromatic nitrogens is 1. The van der Waals surface area contributed by atoms with Crippen molar-refractivity contribution in [3.05, 3.63) is 102 Å². The van der Waals surface area contributed by atoms with E-state index in [2.05, 4.69) is 35.5 Å². The first-order valence-electron chi connectivity index (χ1n) is 11.7. The van der Waals surface area contributed by atoms with E-state index >= 15 is 0 Å². The minimum absolute atomic E-state index is 0.111. The summed E-state index contributed by atoms with van der Waals surface area (Å²) in [6.45, 7) is 4.56. The molecule has 1 aromatic heterocycles. The van der Waals surface area contributed by atoms with Crippen LogP contribution in [-0.2, 0) is 17.6 Å². The summed E-state index contributed by atoms with van der Waals surface area (Å²) in [5, 5.41) is 28.2. The fraction of sp³-hybridized carbons (Fsp3) is 0.241. The molecule has 0 bridgehead atoms.